The summed E-state index contributed by atoms with van der Waals surface area (Å²) in [7, 11) is 0. The van der Waals surface area contributed by atoms with E-state index < -0.39 is 0 Å². The first kappa shape index (κ1) is 32.5. The average molecular weight is 717 g/mol. The first-order chi connectivity index (χ1) is 27.5. The van der Waals surface area contributed by atoms with Crippen LogP contribution in [0.2, 0.25) is 0 Å². The maximum atomic E-state index is 2.46. The van der Waals surface area contributed by atoms with E-state index in [1.54, 1.807) is 0 Å². The summed E-state index contributed by atoms with van der Waals surface area (Å²) in [6.07, 6.45) is 0. The quantitative estimate of drug-likeness (QED) is 0.161. The fourth-order valence-electron chi connectivity index (χ4n) is 9.49. The summed E-state index contributed by atoms with van der Waals surface area (Å²) < 4.78 is 2.46. The molecule has 0 unspecified atom stereocenters. The smallest absolute Gasteiger partial charge is 0.0625 e. The lowest BCUT2D eigenvalue weighted by Crippen LogP contribution is -2.15. The second kappa shape index (κ2) is 12.3. The minimum Gasteiger partial charge on any atom is -0.310 e. The Kier molecular flexibility index (Phi) is 7.15. The van der Waals surface area contributed by atoms with Gasteiger partial charge in [-0.1, -0.05) is 153 Å². The molecule has 11 rings (SSSR count). The number of para-hydroxylation sites is 1. The van der Waals surface area contributed by atoms with Gasteiger partial charge >= 0.3 is 0 Å². The van der Waals surface area contributed by atoms with E-state index in [2.05, 4.69) is 218 Å². The van der Waals surface area contributed by atoms with E-state index in [1.807, 2.05) is 0 Å². The molecule has 1 aromatic heterocycles. The second-order valence-corrected chi connectivity index (χ2v) is 15.8. The molecule has 0 N–H and O–H groups in total. The van der Waals surface area contributed by atoms with Crippen molar-refractivity contribution >= 4 is 60.4 Å². The highest BCUT2D eigenvalue weighted by Gasteiger charge is 2.35. The standard InChI is InChI=1S/C54H40N2/c1-35-20-26-38(27-21-35)55(41-32-33-50-48(34-41)44-14-8-10-18-49(44)54(50,2)3)39-28-22-36(23-29-39)37-24-30-40(31-25-37)56-51-19-11-9-17-47(51)52-45-15-6-4-12-42(45)43-13-5-7-16-46(43)53(52)56/h4-34H,1-3H3. The van der Waals surface area contributed by atoms with Crippen LogP contribution in [0.1, 0.15) is 30.5 Å². The van der Waals surface area contributed by atoms with Gasteiger partial charge in [-0.25, -0.2) is 0 Å². The van der Waals surface area contributed by atoms with Crippen LogP contribution < -0.4 is 4.90 Å². The Morgan fingerprint density at radius 1 is 0.429 bits per heavy atom. The van der Waals surface area contributed by atoms with Crippen molar-refractivity contribution in [3.63, 3.8) is 0 Å². The van der Waals surface area contributed by atoms with Crippen molar-refractivity contribution in [2.24, 2.45) is 0 Å². The molecule has 266 valence electrons. The van der Waals surface area contributed by atoms with Crippen LogP contribution in [-0.2, 0) is 5.41 Å². The van der Waals surface area contributed by atoms with E-state index in [0.717, 1.165) is 22.7 Å². The van der Waals surface area contributed by atoms with E-state index in [9.17, 15) is 0 Å². The lowest BCUT2D eigenvalue weighted by Gasteiger charge is -2.27. The van der Waals surface area contributed by atoms with Crippen molar-refractivity contribution in [2.45, 2.75) is 26.2 Å². The molecule has 0 bridgehead atoms. The lowest BCUT2D eigenvalue weighted by molar-refractivity contribution is 0.660. The molecule has 0 saturated carbocycles. The molecule has 2 heteroatoms. The molecule has 1 aliphatic rings. The number of nitrogens with zero attached hydrogens (tertiary/aromatic N) is 2. The Morgan fingerprint density at radius 3 is 1.66 bits per heavy atom. The van der Waals surface area contributed by atoms with Crippen LogP contribution >= 0.6 is 0 Å². The minimum atomic E-state index is -0.0277. The van der Waals surface area contributed by atoms with E-state index in [0.29, 0.717) is 0 Å². The Labute approximate surface area is 327 Å². The summed E-state index contributed by atoms with van der Waals surface area (Å²) in [6, 6.07) is 69.4. The van der Waals surface area contributed by atoms with Gasteiger partial charge in [0.05, 0.1) is 11.0 Å². The van der Waals surface area contributed by atoms with Gasteiger partial charge in [0.1, 0.15) is 0 Å². The Bertz CT molecular complexity index is 3150. The van der Waals surface area contributed by atoms with Crippen LogP contribution in [0.4, 0.5) is 17.1 Å². The van der Waals surface area contributed by atoms with Gasteiger partial charge in [-0.3, -0.25) is 0 Å². The topological polar surface area (TPSA) is 8.17 Å². The molecule has 0 radical (unpaired) electrons. The largest absolute Gasteiger partial charge is 0.310 e. The third-order valence-corrected chi connectivity index (χ3v) is 12.2. The third kappa shape index (κ3) is 4.82. The second-order valence-electron chi connectivity index (χ2n) is 15.8. The molecule has 0 aliphatic heterocycles. The fraction of sp³-hybridized carbons (Fsp3) is 0.0741. The average Bonchev–Trinajstić information content (AvgIpc) is 3.71. The van der Waals surface area contributed by atoms with E-state index >= 15 is 0 Å². The van der Waals surface area contributed by atoms with E-state index in [1.165, 1.54) is 82.3 Å². The van der Waals surface area contributed by atoms with E-state index in [4.69, 9.17) is 0 Å². The van der Waals surface area contributed by atoms with Gasteiger partial charge in [-0.2, -0.15) is 0 Å². The number of rotatable bonds is 5. The van der Waals surface area contributed by atoms with E-state index in [-0.39, 0.29) is 5.41 Å². The lowest BCUT2D eigenvalue weighted by atomic mass is 9.82. The van der Waals surface area contributed by atoms with Crippen molar-refractivity contribution in [1.29, 1.82) is 0 Å². The summed E-state index contributed by atoms with van der Waals surface area (Å²) in [5, 5.41) is 7.73. The van der Waals surface area contributed by atoms with Gasteiger partial charge in [0, 0.05) is 44.3 Å². The van der Waals surface area contributed by atoms with Crippen LogP contribution in [-0.4, -0.2) is 4.57 Å². The number of hydrogen-bond acceptors (Lipinski definition) is 1. The van der Waals surface area contributed by atoms with Crippen LogP contribution in [0.5, 0.6) is 0 Å². The fourth-order valence-corrected chi connectivity index (χ4v) is 9.49. The Hall–Kier alpha value is -6.90. The zero-order valence-corrected chi connectivity index (χ0v) is 31.8. The van der Waals surface area contributed by atoms with Gasteiger partial charge in [0.2, 0.25) is 0 Å². The summed E-state index contributed by atoms with van der Waals surface area (Å²) in [5.41, 5.74) is 16.1. The third-order valence-electron chi connectivity index (χ3n) is 12.2. The molecule has 56 heavy (non-hydrogen) atoms. The summed E-state index contributed by atoms with van der Waals surface area (Å²) >= 11 is 0. The zero-order chi connectivity index (χ0) is 37.5. The van der Waals surface area contributed by atoms with Gasteiger partial charge < -0.3 is 9.47 Å². The number of anilines is 3. The van der Waals surface area contributed by atoms with Crippen LogP contribution in [0.3, 0.4) is 0 Å². The minimum absolute atomic E-state index is 0.0277. The SMILES string of the molecule is Cc1ccc(N(c2ccc(-c3ccc(-n4c5ccccc5c5c6ccccc6c6ccccc6c54)cc3)cc2)c2ccc3c(c2)-c2ccccc2C3(C)C)cc1. The maximum absolute atomic E-state index is 2.46. The van der Waals surface area contributed by atoms with Gasteiger partial charge in [-0.15, -0.1) is 0 Å². The Balaban J connectivity index is 0.999. The molecule has 1 aliphatic carbocycles. The first-order valence-corrected chi connectivity index (χ1v) is 19.6. The molecule has 10 aromatic rings. The number of hydrogen-bond donors (Lipinski definition) is 0. The van der Waals surface area contributed by atoms with Crippen molar-refractivity contribution in [2.75, 3.05) is 4.90 Å². The zero-order valence-electron chi connectivity index (χ0n) is 31.8. The maximum Gasteiger partial charge on any atom is 0.0625 e. The summed E-state index contributed by atoms with van der Waals surface area (Å²) in [5.74, 6) is 0. The molecule has 0 amide bonds. The van der Waals surface area contributed by atoms with Crippen molar-refractivity contribution < 1.29 is 0 Å². The first-order valence-electron chi connectivity index (χ1n) is 19.6. The monoisotopic (exact) mass is 716 g/mol. The van der Waals surface area contributed by atoms with Crippen LogP contribution in [0, 0.1) is 6.92 Å². The molecule has 0 atom stereocenters. The highest BCUT2D eigenvalue weighted by molar-refractivity contribution is 6.32. The van der Waals surface area contributed by atoms with Gasteiger partial charge in [0.15, 0.2) is 0 Å². The molecular formula is C54H40N2. The number of aryl methyl sites for hydroxylation is 1. The highest BCUT2D eigenvalue weighted by atomic mass is 15.1. The Morgan fingerprint density at radius 2 is 0.946 bits per heavy atom. The highest BCUT2D eigenvalue weighted by Crippen LogP contribution is 2.51. The van der Waals surface area contributed by atoms with Crippen molar-refractivity contribution in [3.05, 3.63) is 205 Å². The molecule has 0 fully saturated rings. The number of aromatic nitrogens is 1. The molecule has 2 nitrogen and oxygen atoms in total. The molecule has 0 spiro atoms. The number of fused-ring (bicyclic) bond motifs is 11. The van der Waals surface area contributed by atoms with Gasteiger partial charge in [0.25, 0.3) is 0 Å². The molecule has 0 saturated heterocycles. The summed E-state index contributed by atoms with van der Waals surface area (Å²) in [6.45, 7) is 6.83. The predicted molar refractivity (Wildman–Crippen MR) is 238 cm³/mol. The van der Waals surface area contributed by atoms with Crippen molar-refractivity contribution in [1.82, 2.24) is 4.57 Å². The number of benzene rings is 9. The molecule has 1 heterocycles. The van der Waals surface area contributed by atoms with Gasteiger partial charge in [-0.05, 0) is 111 Å². The molecule has 9 aromatic carbocycles. The normalized spacial score (nSPS) is 13.1. The van der Waals surface area contributed by atoms with Crippen LogP contribution in [0.15, 0.2) is 188 Å². The van der Waals surface area contributed by atoms with Crippen molar-refractivity contribution in [3.8, 4) is 27.9 Å². The molecular weight excluding hydrogens is 677 g/mol. The summed E-state index contributed by atoms with van der Waals surface area (Å²) in [4.78, 5) is 2.39. The predicted octanol–water partition coefficient (Wildman–Crippen LogP) is 14.8. The van der Waals surface area contributed by atoms with Crippen LogP contribution in [0.25, 0.3) is 71.3 Å².